The SMILES string of the molecule is Cc1cc(C)c(CNCCC(C)C)c(C)c1. The van der Waals surface area contributed by atoms with Crippen molar-refractivity contribution in [3.8, 4) is 0 Å². The first-order chi connectivity index (χ1) is 7.50. The van der Waals surface area contributed by atoms with Crippen LogP contribution >= 0.6 is 0 Å². The quantitative estimate of drug-likeness (QED) is 0.744. The topological polar surface area (TPSA) is 12.0 Å². The molecule has 1 N–H and O–H groups in total. The molecule has 90 valence electrons. The fourth-order valence-corrected chi connectivity index (χ4v) is 2.09. The van der Waals surface area contributed by atoms with Gasteiger partial charge in [-0.25, -0.2) is 0 Å². The fourth-order valence-electron chi connectivity index (χ4n) is 2.09. The molecule has 0 radical (unpaired) electrons. The summed E-state index contributed by atoms with van der Waals surface area (Å²) in [5.41, 5.74) is 5.65. The van der Waals surface area contributed by atoms with Gasteiger partial charge >= 0.3 is 0 Å². The van der Waals surface area contributed by atoms with Crippen LogP contribution in [0.15, 0.2) is 12.1 Å². The third-order valence-corrected chi connectivity index (χ3v) is 3.04. The Morgan fingerprint density at radius 2 is 1.62 bits per heavy atom. The molecule has 1 nitrogen and oxygen atoms in total. The average molecular weight is 219 g/mol. The lowest BCUT2D eigenvalue weighted by Gasteiger charge is -2.13. The Kier molecular flexibility index (Phi) is 5.01. The van der Waals surface area contributed by atoms with Crippen molar-refractivity contribution in [1.29, 1.82) is 0 Å². The lowest BCUT2D eigenvalue weighted by Crippen LogP contribution is -2.17. The predicted octanol–water partition coefficient (Wildman–Crippen LogP) is 3.75. The van der Waals surface area contributed by atoms with Gasteiger partial charge in [-0.1, -0.05) is 31.5 Å². The molecule has 0 amide bonds. The minimum absolute atomic E-state index is 0.785. The smallest absolute Gasteiger partial charge is 0.0210 e. The van der Waals surface area contributed by atoms with Gasteiger partial charge in [0.1, 0.15) is 0 Å². The van der Waals surface area contributed by atoms with Gasteiger partial charge in [0.2, 0.25) is 0 Å². The molecule has 0 heterocycles. The van der Waals surface area contributed by atoms with E-state index in [1.165, 1.54) is 28.7 Å². The Morgan fingerprint density at radius 1 is 1.06 bits per heavy atom. The second kappa shape index (κ2) is 6.05. The number of benzene rings is 1. The summed E-state index contributed by atoms with van der Waals surface area (Å²) in [4.78, 5) is 0. The molecule has 1 heteroatoms. The third kappa shape index (κ3) is 3.97. The molecule has 0 saturated carbocycles. The van der Waals surface area contributed by atoms with Gasteiger partial charge in [-0.3, -0.25) is 0 Å². The maximum absolute atomic E-state index is 3.53. The zero-order chi connectivity index (χ0) is 12.1. The largest absolute Gasteiger partial charge is 0.313 e. The maximum Gasteiger partial charge on any atom is 0.0210 e. The van der Waals surface area contributed by atoms with E-state index in [4.69, 9.17) is 0 Å². The van der Waals surface area contributed by atoms with Crippen molar-refractivity contribution in [3.63, 3.8) is 0 Å². The predicted molar refractivity (Wildman–Crippen MR) is 71.8 cm³/mol. The summed E-state index contributed by atoms with van der Waals surface area (Å²) in [6, 6.07) is 4.54. The maximum atomic E-state index is 3.53. The highest BCUT2D eigenvalue weighted by Gasteiger charge is 2.03. The summed E-state index contributed by atoms with van der Waals surface area (Å²) in [5, 5.41) is 3.53. The fraction of sp³-hybridized carbons (Fsp3) is 0.600. The van der Waals surface area contributed by atoms with Crippen molar-refractivity contribution in [3.05, 3.63) is 34.4 Å². The van der Waals surface area contributed by atoms with Crippen LogP contribution in [0.25, 0.3) is 0 Å². The zero-order valence-corrected chi connectivity index (χ0v) is 11.4. The van der Waals surface area contributed by atoms with Crippen molar-refractivity contribution in [2.45, 2.75) is 47.6 Å². The van der Waals surface area contributed by atoms with Gasteiger partial charge in [0.25, 0.3) is 0 Å². The second-order valence-electron chi connectivity index (χ2n) is 5.24. The Labute approximate surface area is 100 Å². The van der Waals surface area contributed by atoms with Crippen LogP contribution in [-0.2, 0) is 6.54 Å². The summed E-state index contributed by atoms with van der Waals surface area (Å²) in [6.07, 6.45) is 1.25. The first-order valence-corrected chi connectivity index (χ1v) is 6.28. The molecule has 0 aliphatic heterocycles. The molecule has 0 spiro atoms. The van der Waals surface area contributed by atoms with Crippen molar-refractivity contribution in [1.82, 2.24) is 5.32 Å². The van der Waals surface area contributed by atoms with E-state index in [2.05, 4.69) is 52.1 Å². The number of aryl methyl sites for hydroxylation is 3. The van der Waals surface area contributed by atoms with Crippen LogP contribution in [-0.4, -0.2) is 6.54 Å². The van der Waals surface area contributed by atoms with Crippen molar-refractivity contribution in [2.24, 2.45) is 5.92 Å². The van der Waals surface area contributed by atoms with E-state index in [-0.39, 0.29) is 0 Å². The summed E-state index contributed by atoms with van der Waals surface area (Å²) >= 11 is 0. The molecule has 16 heavy (non-hydrogen) atoms. The molecule has 1 aromatic carbocycles. The molecular weight excluding hydrogens is 194 g/mol. The molecule has 0 atom stereocenters. The van der Waals surface area contributed by atoms with Crippen LogP contribution in [0.5, 0.6) is 0 Å². The van der Waals surface area contributed by atoms with Gasteiger partial charge in [0, 0.05) is 6.54 Å². The molecule has 0 unspecified atom stereocenters. The van der Waals surface area contributed by atoms with Gasteiger partial charge in [-0.2, -0.15) is 0 Å². The van der Waals surface area contributed by atoms with Crippen LogP contribution in [0.1, 0.15) is 42.5 Å². The standard InChI is InChI=1S/C15H25N/c1-11(2)6-7-16-10-15-13(4)8-12(3)9-14(15)5/h8-9,11,16H,6-7,10H2,1-5H3. The van der Waals surface area contributed by atoms with Gasteiger partial charge in [0.15, 0.2) is 0 Å². The van der Waals surface area contributed by atoms with E-state index in [9.17, 15) is 0 Å². The van der Waals surface area contributed by atoms with Crippen molar-refractivity contribution in [2.75, 3.05) is 6.54 Å². The zero-order valence-electron chi connectivity index (χ0n) is 11.4. The molecular formula is C15H25N. The van der Waals surface area contributed by atoms with Crippen molar-refractivity contribution >= 4 is 0 Å². The first-order valence-electron chi connectivity index (χ1n) is 6.28. The Bertz CT molecular complexity index is 316. The van der Waals surface area contributed by atoms with E-state index < -0.39 is 0 Å². The highest BCUT2D eigenvalue weighted by atomic mass is 14.8. The molecule has 1 rings (SSSR count). The number of hydrogen-bond donors (Lipinski definition) is 1. The van der Waals surface area contributed by atoms with Crippen LogP contribution < -0.4 is 5.32 Å². The van der Waals surface area contributed by atoms with E-state index in [0.717, 1.165) is 19.0 Å². The second-order valence-corrected chi connectivity index (χ2v) is 5.24. The molecule has 0 fully saturated rings. The van der Waals surface area contributed by atoms with E-state index in [0.29, 0.717) is 0 Å². The van der Waals surface area contributed by atoms with E-state index in [1.54, 1.807) is 0 Å². The van der Waals surface area contributed by atoms with Crippen LogP contribution in [0.3, 0.4) is 0 Å². The normalized spacial score (nSPS) is 11.1. The van der Waals surface area contributed by atoms with Crippen LogP contribution in [0.2, 0.25) is 0 Å². The Balaban J connectivity index is 2.54. The minimum Gasteiger partial charge on any atom is -0.313 e. The summed E-state index contributed by atoms with van der Waals surface area (Å²) in [5.74, 6) is 0.785. The Morgan fingerprint density at radius 3 is 2.12 bits per heavy atom. The van der Waals surface area contributed by atoms with Gasteiger partial charge in [-0.05, 0) is 56.3 Å². The summed E-state index contributed by atoms with van der Waals surface area (Å²) in [7, 11) is 0. The molecule has 0 bridgehead atoms. The lowest BCUT2D eigenvalue weighted by molar-refractivity contribution is 0.536. The minimum atomic E-state index is 0.785. The van der Waals surface area contributed by atoms with E-state index >= 15 is 0 Å². The summed E-state index contributed by atoms with van der Waals surface area (Å²) < 4.78 is 0. The summed E-state index contributed by atoms with van der Waals surface area (Å²) in [6.45, 7) is 13.2. The van der Waals surface area contributed by atoms with Crippen LogP contribution in [0.4, 0.5) is 0 Å². The molecule has 0 aliphatic rings. The van der Waals surface area contributed by atoms with Gasteiger partial charge in [0.05, 0.1) is 0 Å². The highest BCUT2D eigenvalue weighted by molar-refractivity contribution is 5.37. The molecule has 0 aliphatic carbocycles. The third-order valence-electron chi connectivity index (χ3n) is 3.04. The first kappa shape index (κ1) is 13.2. The average Bonchev–Trinajstić information content (AvgIpc) is 2.14. The van der Waals surface area contributed by atoms with Gasteiger partial charge in [-0.15, -0.1) is 0 Å². The Hall–Kier alpha value is -0.820. The number of hydrogen-bond acceptors (Lipinski definition) is 1. The van der Waals surface area contributed by atoms with Gasteiger partial charge < -0.3 is 5.32 Å². The highest BCUT2D eigenvalue weighted by Crippen LogP contribution is 2.16. The van der Waals surface area contributed by atoms with Crippen LogP contribution in [0, 0.1) is 26.7 Å². The van der Waals surface area contributed by atoms with E-state index in [1.807, 2.05) is 0 Å². The molecule has 0 aromatic heterocycles. The number of rotatable bonds is 5. The van der Waals surface area contributed by atoms with Crippen molar-refractivity contribution < 1.29 is 0 Å². The molecule has 1 aromatic rings. The lowest BCUT2D eigenvalue weighted by atomic mass is 10.00. The molecule has 0 saturated heterocycles. The monoisotopic (exact) mass is 219 g/mol. The number of nitrogens with one attached hydrogen (secondary N) is 1.